The fraction of sp³-hybridized carbons (Fsp3) is 1.00. The maximum Gasteiger partial charge on any atom is 0.452 e. The van der Waals surface area contributed by atoms with Crippen LogP contribution >= 0.6 is 22.6 Å². The molecule has 1 aliphatic heterocycles. The Bertz CT molecular complexity index is 191. The van der Waals surface area contributed by atoms with Gasteiger partial charge in [-0.15, -0.1) is 0 Å². The van der Waals surface area contributed by atoms with Crippen molar-refractivity contribution in [3.63, 3.8) is 0 Å². The second kappa shape index (κ2) is 2.66. The third-order valence-corrected chi connectivity index (χ3v) is 2.79. The highest BCUT2D eigenvalue weighted by Gasteiger charge is 2.73. The Kier molecular flexibility index (Phi) is 2.31. The van der Waals surface area contributed by atoms with Gasteiger partial charge in [0.05, 0.1) is 6.61 Å². The van der Waals surface area contributed by atoms with Gasteiger partial charge in [0.15, 0.2) is 0 Å². The van der Waals surface area contributed by atoms with Crippen LogP contribution in [0.3, 0.4) is 0 Å². The Morgan fingerprint density at radius 1 is 1.25 bits per heavy atom. The zero-order valence-electron chi connectivity index (χ0n) is 5.59. The summed E-state index contributed by atoms with van der Waals surface area (Å²) >= 11 is 0.783. The average Bonchev–Trinajstić information content (AvgIpc) is 2.07. The molecule has 1 heterocycles. The highest BCUT2D eigenvalue weighted by atomic mass is 127. The first-order valence-electron chi connectivity index (χ1n) is 2.98. The Morgan fingerprint density at radius 2 is 1.75 bits per heavy atom. The lowest BCUT2D eigenvalue weighted by atomic mass is 10.2. The van der Waals surface area contributed by atoms with Crippen molar-refractivity contribution in [1.29, 1.82) is 0 Å². The molecule has 0 N–H and O–H groups in total. The lowest BCUT2D eigenvalue weighted by Crippen LogP contribution is -2.51. The van der Waals surface area contributed by atoms with Crippen LogP contribution in [-0.4, -0.2) is 22.3 Å². The van der Waals surface area contributed by atoms with Gasteiger partial charge in [-0.05, 0) is 22.6 Å². The van der Waals surface area contributed by atoms with Gasteiger partial charge in [0, 0.05) is 6.42 Å². The molecule has 7 heteroatoms. The summed E-state index contributed by atoms with van der Waals surface area (Å²) in [4.78, 5) is 0. The summed E-state index contributed by atoms with van der Waals surface area (Å²) < 4.78 is 62.2. The minimum Gasteiger partial charge on any atom is -0.336 e. The molecule has 2 unspecified atom stereocenters. The summed E-state index contributed by atoms with van der Waals surface area (Å²) in [5.74, 6) is -4.15. The van der Waals surface area contributed by atoms with Crippen molar-refractivity contribution in [2.45, 2.75) is 22.1 Å². The molecule has 0 amide bonds. The molecule has 12 heavy (non-hydrogen) atoms. The highest BCUT2D eigenvalue weighted by Crippen LogP contribution is 2.53. The predicted molar refractivity (Wildman–Crippen MR) is 38.3 cm³/mol. The quantitative estimate of drug-likeness (QED) is 0.380. The molecule has 0 aromatic carbocycles. The number of hydrogen-bond donors (Lipinski definition) is 0. The SMILES string of the molecule is FC(F)(F)C1(F)OCCC1(F)I. The fourth-order valence-electron chi connectivity index (χ4n) is 0.875. The molecule has 72 valence electrons. The number of alkyl halides is 6. The van der Waals surface area contributed by atoms with Crippen LogP contribution in [0.5, 0.6) is 0 Å². The zero-order chi connectivity index (χ0) is 9.62. The van der Waals surface area contributed by atoms with Gasteiger partial charge in [0.2, 0.25) is 3.68 Å². The second-order valence-corrected chi connectivity index (χ2v) is 4.11. The number of ether oxygens (including phenoxy) is 1. The van der Waals surface area contributed by atoms with Crippen molar-refractivity contribution in [3.05, 3.63) is 0 Å². The lowest BCUT2D eigenvalue weighted by Gasteiger charge is -2.28. The van der Waals surface area contributed by atoms with Crippen LogP contribution in [0.1, 0.15) is 6.42 Å². The van der Waals surface area contributed by atoms with Crippen molar-refractivity contribution in [2.24, 2.45) is 0 Å². The van der Waals surface area contributed by atoms with E-state index < -0.39 is 28.7 Å². The van der Waals surface area contributed by atoms with Crippen LogP contribution in [-0.2, 0) is 4.74 Å². The molecule has 0 aliphatic carbocycles. The Balaban J connectivity index is 2.98. The summed E-state index contributed by atoms with van der Waals surface area (Å²) in [6.45, 7) is -0.560. The minimum absolute atomic E-state index is 0.560. The van der Waals surface area contributed by atoms with Gasteiger partial charge in [-0.2, -0.15) is 17.6 Å². The Hall–Kier alpha value is 0.340. The smallest absolute Gasteiger partial charge is 0.336 e. The molecule has 1 nitrogen and oxygen atoms in total. The molecule has 1 rings (SSSR count). The highest BCUT2D eigenvalue weighted by molar-refractivity contribution is 14.1. The summed E-state index contributed by atoms with van der Waals surface area (Å²) in [6.07, 6.45) is -5.91. The van der Waals surface area contributed by atoms with Crippen molar-refractivity contribution in [3.8, 4) is 0 Å². The van der Waals surface area contributed by atoms with Crippen molar-refractivity contribution in [2.75, 3.05) is 6.61 Å². The van der Waals surface area contributed by atoms with E-state index in [0.717, 1.165) is 22.6 Å². The molecular formula is C5H4F5IO. The number of hydrogen-bond acceptors (Lipinski definition) is 1. The van der Waals surface area contributed by atoms with Crippen LogP contribution in [0, 0.1) is 0 Å². The molecule has 2 atom stereocenters. The third kappa shape index (κ3) is 1.30. The van der Waals surface area contributed by atoms with Gasteiger partial charge in [-0.3, -0.25) is 0 Å². The summed E-state index contributed by atoms with van der Waals surface area (Å²) in [6, 6.07) is 0. The molecule has 0 aromatic rings. The van der Waals surface area contributed by atoms with E-state index in [9.17, 15) is 22.0 Å². The van der Waals surface area contributed by atoms with Gasteiger partial charge < -0.3 is 4.74 Å². The maximum absolute atomic E-state index is 12.9. The molecule has 0 saturated carbocycles. The molecule has 1 aliphatic rings. The monoisotopic (exact) mass is 302 g/mol. The average molecular weight is 302 g/mol. The first-order valence-corrected chi connectivity index (χ1v) is 4.06. The van der Waals surface area contributed by atoms with Gasteiger partial charge in [0.25, 0.3) is 0 Å². The van der Waals surface area contributed by atoms with Gasteiger partial charge in [-0.1, -0.05) is 0 Å². The van der Waals surface area contributed by atoms with Crippen LogP contribution in [0.2, 0.25) is 0 Å². The van der Waals surface area contributed by atoms with Gasteiger partial charge >= 0.3 is 12.0 Å². The van der Waals surface area contributed by atoms with Gasteiger partial charge in [-0.25, -0.2) is 4.39 Å². The van der Waals surface area contributed by atoms with E-state index in [1.807, 2.05) is 0 Å². The normalized spacial score (nSPS) is 43.5. The number of halogens is 6. The Labute approximate surface area is 78.4 Å². The number of rotatable bonds is 0. The molecule has 1 fully saturated rings. The molecule has 0 spiro atoms. The topological polar surface area (TPSA) is 9.23 Å². The molecule has 1 saturated heterocycles. The van der Waals surface area contributed by atoms with E-state index in [0.29, 0.717) is 0 Å². The van der Waals surface area contributed by atoms with E-state index in [4.69, 9.17) is 0 Å². The van der Waals surface area contributed by atoms with Crippen molar-refractivity contribution < 1.29 is 26.7 Å². The van der Waals surface area contributed by atoms with E-state index in [-0.39, 0.29) is 0 Å². The standard InChI is InChI=1S/C5H4F5IO/c6-3(11)1-2-12-4(3,7)5(8,9)10/h1-2H2. The van der Waals surface area contributed by atoms with Crippen LogP contribution in [0.25, 0.3) is 0 Å². The maximum atomic E-state index is 12.9. The molecule has 0 bridgehead atoms. The van der Waals surface area contributed by atoms with E-state index in [1.54, 1.807) is 0 Å². The second-order valence-electron chi connectivity index (χ2n) is 2.40. The molecular weight excluding hydrogens is 298 g/mol. The molecule has 0 radical (unpaired) electrons. The first kappa shape index (κ1) is 10.4. The summed E-state index contributed by atoms with van der Waals surface area (Å²) in [7, 11) is 0. The van der Waals surface area contributed by atoms with Crippen molar-refractivity contribution >= 4 is 22.6 Å². The van der Waals surface area contributed by atoms with Crippen LogP contribution in [0.15, 0.2) is 0 Å². The van der Waals surface area contributed by atoms with E-state index in [1.165, 1.54) is 0 Å². The summed E-state index contributed by atoms with van der Waals surface area (Å²) in [5, 5.41) is 0. The van der Waals surface area contributed by atoms with Crippen molar-refractivity contribution in [1.82, 2.24) is 0 Å². The largest absolute Gasteiger partial charge is 0.452 e. The fourth-order valence-corrected chi connectivity index (χ4v) is 1.56. The minimum atomic E-state index is -5.32. The first-order chi connectivity index (χ1) is 5.21. The molecule has 0 aromatic heterocycles. The van der Waals surface area contributed by atoms with Gasteiger partial charge in [0.1, 0.15) is 0 Å². The Morgan fingerprint density at radius 3 is 1.92 bits per heavy atom. The third-order valence-electron chi connectivity index (χ3n) is 1.55. The van der Waals surface area contributed by atoms with Crippen LogP contribution < -0.4 is 0 Å². The predicted octanol–water partition coefficient (Wildman–Crippen LogP) is 2.74. The summed E-state index contributed by atoms with van der Waals surface area (Å²) in [5.41, 5.74) is 0. The van der Waals surface area contributed by atoms with Crippen LogP contribution in [0.4, 0.5) is 22.0 Å². The van der Waals surface area contributed by atoms with E-state index in [2.05, 4.69) is 4.74 Å². The zero-order valence-corrected chi connectivity index (χ0v) is 7.75. The van der Waals surface area contributed by atoms with E-state index >= 15 is 0 Å². The lowest BCUT2D eigenvalue weighted by molar-refractivity contribution is -0.333.